The highest BCUT2D eigenvalue weighted by Gasteiger charge is 2.43. The molecule has 1 fully saturated rings. The Labute approximate surface area is 255 Å². The van der Waals surface area contributed by atoms with E-state index in [1.165, 1.54) is 38.1 Å². The number of nitrogens with zero attached hydrogens (tertiary/aromatic N) is 4. The lowest BCUT2D eigenvalue weighted by Gasteiger charge is -2.31. The molecule has 14 heteroatoms. The van der Waals surface area contributed by atoms with E-state index in [9.17, 15) is 22.8 Å². The first-order valence-corrected chi connectivity index (χ1v) is 15.0. The van der Waals surface area contributed by atoms with E-state index in [2.05, 4.69) is 10.2 Å². The number of carbonyl (C=O) groups is 2. The lowest BCUT2D eigenvalue weighted by molar-refractivity contribution is -0.146. The van der Waals surface area contributed by atoms with Crippen LogP contribution in [-0.2, 0) is 15.8 Å². The molecule has 9 nitrogen and oxygen atoms in total. The summed E-state index contributed by atoms with van der Waals surface area (Å²) in [6.45, 7) is 0.882. The van der Waals surface area contributed by atoms with Crippen molar-refractivity contribution in [1.29, 1.82) is 0 Å². The lowest BCUT2D eigenvalue weighted by atomic mass is 9.93. The van der Waals surface area contributed by atoms with E-state index >= 15 is 0 Å². The summed E-state index contributed by atoms with van der Waals surface area (Å²) in [5.74, 6) is -1.18. The molecule has 1 amide bonds. The van der Waals surface area contributed by atoms with Gasteiger partial charge in [0, 0.05) is 36.5 Å². The Hall–Kier alpha value is -3.45. The Bertz CT molecular complexity index is 1510. The fourth-order valence-corrected chi connectivity index (χ4v) is 7.47. The monoisotopic (exact) mass is 638 g/mol. The smallest absolute Gasteiger partial charge is 0.452 e. The molecule has 1 saturated heterocycles. The number of carbonyl (C=O) groups excluding carboxylic acids is 1. The molecule has 5 rings (SSSR count). The first-order chi connectivity index (χ1) is 20.5. The highest BCUT2D eigenvalue weighted by Crippen LogP contribution is 2.54. The number of piperidine rings is 1. The summed E-state index contributed by atoms with van der Waals surface area (Å²) < 4.78 is 55.0. The van der Waals surface area contributed by atoms with E-state index in [1.807, 2.05) is 6.07 Å². The molecule has 3 heterocycles. The first-order valence-electron chi connectivity index (χ1n) is 13.7. The topological polar surface area (TPSA) is 107 Å². The van der Waals surface area contributed by atoms with Crippen LogP contribution in [0.4, 0.5) is 13.2 Å². The number of thioether (sulfide) groups is 1. The Balaban J connectivity index is 1.53. The van der Waals surface area contributed by atoms with Crippen molar-refractivity contribution in [3.05, 3.63) is 64.2 Å². The summed E-state index contributed by atoms with van der Waals surface area (Å²) in [4.78, 5) is 26.0. The van der Waals surface area contributed by atoms with Gasteiger partial charge >= 0.3 is 12.1 Å². The van der Waals surface area contributed by atoms with Crippen LogP contribution in [0.25, 0.3) is 5.69 Å². The second kappa shape index (κ2) is 12.7. The maximum atomic E-state index is 14.3. The van der Waals surface area contributed by atoms with Crippen LogP contribution in [0.5, 0.6) is 11.5 Å². The minimum Gasteiger partial charge on any atom is -0.493 e. The van der Waals surface area contributed by atoms with E-state index in [0.717, 1.165) is 4.57 Å². The third-order valence-corrected chi connectivity index (χ3v) is 9.60. The number of likely N-dealkylation sites (tertiary alicyclic amines) is 1. The van der Waals surface area contributed by atoms with E-state index < -0.39 is 28.5 Å². The molecule has 0 bridgehead atoms. The number of aromatic nitrogens is 3. The van der Waals surface area contributed by atoms with Gasteiger partial charge in [0.05, 0.1) is 30.4 Å². The number of rotatable bonds is 8. The number of hydrogen-bond acceptors (Lipinski definition) is 7. The summed E-state index contributed by atoms with van der Waals surface area (Å²) in [6.07, 6.45) is -3.28. The van der Waals surface area contributed by atoms with Gasteiger partial charge in [-0.15, -0.1) is 22.0 Å². The summed E-state index contributed by atoms with van der Waals surface area (Å²) in [7, 11) is 3.00. The predicted octanol–water partition coefficient (Wildman–Crippen LogP) is 6.33. The minimum absolute atomic E-state index is 0.0160. The van der Waals surface area contributed by atoms with Crippen molar-refractivity contribution >= 4 is 35.2 Å². The van der Waals surface area contributed by atoms with Gasteiger partial charge in [-0.05, 0) is 55.0 Å². The van der Waals surface area contributed by atoms with E-state index in [-0.39, 0.29) is 42.6 Å². The van der Waals surface area contributed by atoms with Crippen molar-refractivity contribution in [3.63, 3.8) is 0 Å². The van der Waals surface area contributed by atoms with E-state index in [0.29, 0.717) is 53.6 Å². The Morgan fingerprint density at radius 1 is 1.09 bits per heavy atom. The van der Waals surface area contributed by atoms with Gasteiger partial charge in [0.15, 0.2) is 17.3 Å². The minimum atomic E-state index is -4.79. The number of amides is 1. The normalized spacial score (nSPS) is 18.9. The quantitative estimate of drug-likeness (QED) is 0.305. The van der Waals surface area contributed by atoms with E-state index in [1.54, 1.807) is 23.1 Å². The number of methoxy groups -OCH3 is 2. The number of fused-ring (bicyclic) bond motifs is 3. The van der Waals surface area contributed by atoms with Crippen molar-refractivity contribution in [2.75, 3.05) is 27.3 Å². The van der Waals surface area contributed by atoms with Crippen LogP contribution < -0.4 is 9.47 Å². The molecule has 2 aliphatic heterocycles. The third-order valence-electron chi connectivity index (χ3n) is 7.81. The van der Waals surface area contributed by atoms with Gasteiger partial charge in [-0.1, -0.05) is 23.7 Å². The van der Waals surface area contributed by atoms with Gasteiger partial charge in [-0.25, -0.2) is 0 Å². The van der Waals surface area contributed by atoms with Crippen LogP contribution in [-0.4, -0.2) is 64.0 Å². The van der Waals surface area contributed by atoms with Crippen molar-refractivity contribution in [1.82, 2.24) is 19.7 Å². The maximum Gasteiger partial charge on any atom is 0.452 e. The molecular weight excluding hydrogens is 609 g/mol. The lowest BCUT2D eigenvalue weighted by Crippen LogP contribution is -2.38. The zero-order valence-electron chi connectivity index (χ0n) is 23.4. The Morgan fingerprint density at radius 3 is 2.49 bits per heavy atom. The Kier molecular flexibility index (Phi) is 9.12. The zero-order valence-corrected chi connectivity index (χ0v) is 25.0. The Morgan fingerprint density at radius 2 is 1.84 bits per heavy atom. The maximum absolute atomic E-state index is 14.3. The van der Waals surface area contributed by atoms with Gasteiger partial charge < -0.3 is 19.5 Å². The average Bonchev–Trinajstić information content (AvgIpc) is 3.37. The van der Waals surface area contributed by atoms with Crippen molar-refractivity contribution < 1.29 is 37.3 Å². The zero-order chi connectivity index (χ0) is 30.9. The molecule has 1 N–H and O–H groups in total. The second-order valence-corrected chi connectivity index (χ2v) is 12.2. The number of carboxylic acid groups (broad SMARTS) is 1. The molecule has 2 aliphatic rings. The largest absolute Gasteiger partial charge is 0.493 e. The number of aliphatic carboxylic acids is 1. The fourth-order valence-electron chi connectivity index (χ4n) is 5.77. The molecule has 0 aliphatic carbocycles. The summed E-state index contributed by atoms with van der Waals surface area (Å²) in [6, 6.07) is 10.0. The molecule has 1 aromatic heterocycles. The summed E-state index contributed by atoms with van der Waals surface area (Å²) in [5.41, 5.74) is 1.40. The molecule has 0 saturated carbocycles. The highest BCUT2D eigenvalue weighted by molar-refractivity contribution is 8.00. The fraction of sp³-hybridized carbons (Fsp3) is 0.448. The number of benzene rings is 2. The molecule has 2 aromatic carbocycles. The molecule has 0 spiro atoms. The number of carboxylic acids is 1. The van der Waals surface area contributed by atoms with Crippen molar-refractivity contribution in [2.45, 2.75) is 48.8 Å². The predicted molar refractivity (Wildman–Crippen MR) is 154 cm³/mol. The molecule has 3 aromatic rings. The van der Waals surface area contributed by atoms with Crippen LogP contribution in [0.2, 0.25) is 5.02 Å². The number of para-hydroxylation sites is 1. The highest BCUT2D eigenvalue weighted by atomic mass is 35.5. The molecule has 2 atom stereocenters. The number of alkyl halides is 3. The van der Waals surface area contributed by atoms with Crippen LogP contribution in [0, 0.1) is 5.92 Å². The number of ether oxygens (including phenoxy) is 2. The van der Waals surface area contributed by atoms with Gasteiger partial charge in [-0.2, -0.15) is 13.2 Å². The van der Waals surface area contributed by atoms with Crippen molar-refractivity contribution in [2.24, 2.45) is 5.92 Å². The second-order valence-electron chi connectivity index (χ2n) is 10.5. The van der Waals surface area contributed by atoms with Crippen LogP contribution >= 0.6 is 23.4 Å². The van der Waals surface area contributed by atoms with E-state index in [4.69, 9.17) is 26.2 Å². The average molecular weight is 639 g/mol. The summed E-state index contributed by atoms with van der Waals surface area (Å²) >= 11 is 7.75. The first kappa shape index (κ1) is 31.0. The SMILES string of the molecule is COc1cccc([C@H]2S[C@H](CCC(=O)N3CCC(CC(=O)O)CC3)c3nnc(C(F)(F)F)n3-c3ccc(Cl)cc32)c1OC. The summed E-state index contributed by atoms with van der Waals surface area (Å²) in [5, 5.41) is 15.8. The molecule has 0 unspecified atom stereocenters. The van der Waals surface area contributed by atoms with Gasteiger partial charge in [0.2, 0.25) is 11.7 Å². The van der Waals surface area contributed by atoms with Crippen LogP contribution in [0.15, 0.2) is 36.4 Å². The molecule has 0 radical (unpaired) electrons. The third kappa shape index (κ3) is 6.42. The van der Waals surface area contributed by atoms with Gasteiger partial charge in [0.1, 0.15) is 0 Å². The van der Waals surface area contributed by atoms with Crippen molar-refractivity contribution in [3.8, 4) is 17.2 Å². The number of halogens is 4. The van der Waals surface area contributed by atoms with Gasteiger partial charge in [-0.3, -0.25) is 14.2 Å². The molecule has 230 valence electrons. The van der Waals surface area contributed by atoms with Gasteiger partial charge in [0.25, 0.3) is 0 Å². The van der Waals surface area contributed by atoms with Crippen LogP contribution in [0.3, 0.4) is 0 Å². The molecule has 43 heavy (non-hydrogen) atoms. The van der Waals surface area contributed by atoms with Crippen LogP contribution in [0.1, 0.15) is 65.4 Å². The number of hydrogen-bond donors (Lipinski definition) is 1. The standard InChI is InChI=1S/C29H30ClF3N4O5S/c1-41-21-5-3-4-18(25(21)42-2)26-19-15-17(30)6-7-20(19)37-27(34-35-28(37)29(31,32)33)22(43-26)8-9-23(38)36-12-10-16(11-13-36)14-24(39)40/h3-7,15-16,22,26H,8-14H2,1-2H3,(H,39,40)/t22-,26-/m1/s1. The molecular formula is C29H30ClF3N4O5S.